The van der Waals surface area contributed by atoms with Crippen LogP contribution in [0.15, 0.2) is 72.9 Å². The Bertz CT molecular complexity index is 1160. The van der Waals surface area contributed by atoms with Crippen molar-refractivity contribution < 1.29 is 13.9 Å². The van der Waals surface area contributed by atoms with E-state index >= 15 is 0 Å². The van der Waals surface area contributed by atoms with Gasteiger partial charge in [-0.2, -0.15) is 5.10 Å². The van der Waals surface area contributed by atoms with Crippen LogP contribution in [0.4, 0.5) is 4.39 Å². The Hall–Kier alpha value is -3.38. The molecular formula is C26H30FN3O2. The Morgan fingerprint density at radius 1 is 1.03 bits per heavy atom. The summed E-state index contributed by atoms with van der Waals surface area (Å²) in [6.45, 7) is 2.11. The maximum absolute atomic E-state index is 13.3. The zero-order chi connectivity index (χ0) is 21.8. The van der Waals surface area contributed by atoms with Crippen molar-refractivity contribution in [1.29, 1.82) is 0 Å². The summed E-state index contributed by atoms with van der Waals surface area (Å²) in [6, 6.07) is 19.7. The number of aromatic nitrogens is 2. The number of rotatable bonds is 8. The second kappa shape index (κ2) is 10.3. The molecule has 0 saturated heterocycles. The predicted molar refractivity (Wildman–Crippen MR) is 127 cm³/mol. The Morgan fingerprint density at radius 3 is 2.53 bits per heavy atom. The highest BCUT2D eigenvalue weighted by Gasteiger charge is 2.22. The van der Waals surface area contributed by atoms with Gasteiger partial charge in [0, 0.05) is 11.4 Å². The number of hydrogen-bond donors (Lipinski definition) is 1. The quantitative estimate of drug-likeness (QED) is 0.366. The van der Waals surface area contributed by atoms with E-state index in [9.17, 15) is 4.39 Å². The number of nitrogens with two attached hydrogens (primary N) is 1. The molecule has 4 rings (SSSR count). The predicted octanol–water partition coefficient (Wildman–Crippen LogP) is 6.06. The number of fused-ring (bicyclic) bond motifs is 1. The molecule has 0 saturated carbocycles. The third-order valence-electron chi connectivity index (χ3n) is 5.31. The third kappa shape index (κ3) is 4.92. The van der Waals surface area contributed by atoms with Crippen molar-refractivity contribution in [3.05, 3.63) is 84.3 Å². The molecule has 4 aromatic rings. The van der Waals surface area contributed by atoms with Crippen LogP contribution >= 0.6 is 0 Å². The van der Waals surface area contributed by atoms with Gasteiger partial charge in [-0.3, -0.25) is 0 Å². The number of nitrogens with zero attached hydrogens (tertiary/aromatic N) is 2. The smallest absolute Gasteiger partial charge is 0.139 e. The highest BCUT2D eigenvalue weighted by atomic mass is 19.1. The van der Waals surface area contributed by atoms with E-state index in [2.05, 4.69) is 12.0 Å². The van der Waals surface area contributed by atoms with E-state index in [1.54, 1.807) is 30.1 Å². The average molecular weight is 436 g/mol. The molecule has 0 aliphatic rings. The molecule has 0 aliphatic heterocycles. The van der Waals surface area contributed by atoms with Gasteiger partial charge in [0.25, 0.3) is 0 Å². The van der Waals surface area contributed by atoms with Crippen molar-refractivity contribution in [3.8, 4) is 17.2 Å². The largest absolute Gasteiger partial charge is 0.497 e. The average Bonchev–Trinajstić information content (AvgIpc) is 3.21. The Labute approximate surface area is 188 Å². The molecule has 0 unspecified atom stereocenters. The summed E-state index contributed by atoms with van der Waals surface area (Å²) in [6.07, 6.45) is 3.28. The van der Waals surface area contributed by atoms with Crippen LogP contribution < -0.4 is 15.2 Å². The molecule has 0 spiro atoms. The van der Waals surface area contributed by atoms with Crippen molar-refractivity contribution in [2.24, 2.45) is 5.73 Å². The van der Waals surface area contributed by atoms with Gasteiger partial charge in [-0.05, 0) is 66.6 Å². The van der Waals surface area contributed by atoms with Gasteiger partial charge >= 0.3 is 0 Å². The first kappa shape index (κ1) is 23.3. The molecule has 5 nitrogen and oxygen atoms in total. The maximum Gasteiger partial charge on any atom is 0.139 e. The molecule has 1 aromatic heterocycles. The van der Waals surface area contributed by atoms with E-state index in [-0.39, 0.29) is 25.4 Å². The molecule has 6 heteroatoms. The zero-order valence-corrected chi connectivity index (χ0v) is 17.7. The number of halogens is 1. The van der Waals surface area contributed by atoms with E-state index in [4.69, 9.17) is 15.2 Å². The first-order chi connectivity index (χ1) is 15.1. The van der Waals surface area contributed by atoms with Gasteiger partial charge in [-0.1, -0.05) is 32.9 Å². The Kier molecular flexibility index (Phi) is 7.49. The van der Waals surface area contributed by atoms with Gasteiger partial charge in [0.1, 0.15) is 23.4 Å². The Morgan fingerprint density at radius 2 is 1.81 bits per heavy atom. The van der Waals surface area contributed by atoms with Crippen LogP contribution in [0.2, 0.25) is 0 Å². The van der Waals surface area contributed by atoms with Crippen LogP contribution in [0.25, 0.3) is 16.6 Å². The molecular weight excluding hydrogens is 405 g/mol. The van der Waals surface area contributed by atoms with E-state index in [0.29, 0.717) is 5.75 Å². The lowest BCUT2D eigenvalue weighted by molar-refractivity contribution is 0.168. The van der Waals surface area contributed by atoms with E-state index in [0.717, 1.165) is 40.7 Å². The van der Waals surface area contributed by atoms with E-state index < -0.39 is 0 Å². The number of hydrogen-bond acceptors (Lipinski definition) is 4. The molecule has 0 radical (unpaired) electrons. The van der Waals surface area contributed by atoms with Gasteiger partial charge in [0.15, 0.2) is 0 Å². The minimum atomic E-state index is -0.306. The van der Waals surface area contributed by atoms with Crippen LogP contribution in [0.3, 0.4) is 0 Å². The molecule has 1 heterocycles. The second-order valence-corrected chi connectivity index (χ2v) is 7.52. The summed E-state index contributed by atoms with van der Waals surface area (Å²) < 4.78 is 26.8. The monoisotopic (exact) mass is 435 g/mol. The molecule has 168 valence electrons. The molecule has 2 N–H and O–H groups in total. The molecule has 0 amide bonds. The summed E-state index contributed by atoms with van der Waals surface area (Å²) in [7, 11) is 1.65. The van der Waals surface area contributed by atoms with Crippen molar-refractivity contribution in [2.45, 2.75) is 39.3 Å². The fourth-order valence-electron chi connectivity index (χ4n) is 3.72. The highest BCUT2D eigenvalue weighted by Crippen LogP contribution is 2.30. The lowest BCUT2D eigenvalue weighted by atomic mass is 9.99. The maximum atomic E-state index is 13.3. The van der Waals surface area contributed by atoms with Gasteiger partial charge in [0.05, 0.1) is 24.5 Å². The van der Waals surface area contributed by atoms with Gasteiger partial charge < -0.3 is 15.2 Å². The molecule has 3 aromatic carbocycles. The minimum absolute atomic E-state index is 0. The van der Waals surface area contributed by atoms with Crippen molar-refractivity contribution >= 4 is 10.9 Å². The lowest BCUT2D eigenvalue weighted by Gasteiger charge is -2.26. The SMILES string of the molecule is C.CCC[C@H](N)[C@H](Oc1ccc2c(cnn2-c2ccc(F)cc2)c1)c1cccc(OC)c1. The van der Waals surface area contributed by atoms with Gasteiger partial charge in [-0.25, -0.2) is 9.07 Å². The fraction of sp³-hybridized carbons (Fsp3) is 0.269. The third-order valence-corrected chi connectivity index (χ3v) is 5.31. The highest BCUT2D eigenvalue weighted by molar-refractivity contribution is 5.81. The zero-order valence-electron chi connectivity index (χ0n) is 17.7. The van der Waals surface area contributed by atoms with Crippen LogP contribution in [-0.4, -0.2) is 22.9 Å². The normalized spacial score (nSPS) is 12.8. The van der Waals surface area contributed by atoms with Crippen LogP contribution in [0.5, 0.6) is 11.5 Å². The summed E-state index contributed by atoms with van der Waals surface area (Å²) in [5.74, 6) is 1.21. The number of benzene rings is 3. The second-order valence-electron chi connectivity index (χ2n) is 7.52. The van der Waals surface area contributed by atoms with Crippen molar-refractivity contribution in [3.63, 3.8) is 0 Å². The first-order valence-corrected chi connectivity index (χ1v) is 10.4. The van der Waals surface area contributed by atoms with Crippen LogP contribution in [0, 0.1) is 5.82 Å². The molecule has 0 aliphatic carbocycles. The first-order valence-electron chi connectivity index (χ1n) is 10.4. The summed E-state index contributed by atoms with van der Waals surface area (Å²) in [4.78, 5) is 0. The van der Waals surface area contributed by atoms with Crippen LogP contribution in [-0.2, 0) is 0 Å². The lowest BCUT2D eigenvalue weighted by Crippen LogP contribution is -2.32. The standard InChI is InChI=1S/C25H26FN3O2.CH4/c1-3-5-23(27)25(17-6-4-7-21(14-17)30-2)31-22-12-13-24-18(15-22)16-28-29(24)20-10-8-19(26)9-11-20;/h4,6-16,23,25H,3,5,27H2,1-2H3;1H4/t23-,25+;/m0./s1. The molecule has 0 fully saturated rings. The molecule has 32 heavy (non-hydrogen) atoms. The number of methoxy groups -OCH3 is 1. The van der Waals surface area contributed by atoms with Gasteiger partial charge in [-0.15, -0.1) is 0 Å². The summed E-state index contributed by atoms with van der Waals surface area (Å²) in [5.41, 5.74) is 9.17. The van der Waals surface area contributed by atoms with Gasteiger partial charge in [0.2, 0.25) is 0 Å². The summed E-state index contributed by atoms with van der Waals surface area (Å²) in [5, 5.41) is 5.38. The number of ether oxygens (including phenoxy) is 2. The van der Waals surface area contributed by atoms with E-state index in [1.165, 1.54) is 12.1 Å². The Balaban J connectivity index is 0.00000289. The fourth-order valence-corrected chi connectivity index (χ4v) is 3.72. The minimum Gasteiger partial charge on any atom is -0.497 e. The van der Waals surface area contributed by atoms with Crippen LogP contribution in [0.1, 0.15) is 38.9 Å². The van der Waals surface area contributed by atoms with Crippen molar-refractivity contribution in [1.82, 2.24) is 9.78 Å². The molecule has 0 bridgehead atoms. The van der Waals surface area contributed by atoms with E-state index in [1.807, 2.05) is 42.5 Å². The van der Waals surface area contributed by atoms with Crippen molar-refractivity contribution in [2.75, 3.05) is 7.11 Å². The topological polar surface area (TPSA) is 62.3 Å². The summed E-state index contributed by atoms with van der Waals surface area (Å²) >= 11 is 0. The molecule has 2 atom stereocenters.